The Morgan fingerprint density at radius 2 is 1.76 bits per heavy atom. The first-order valence-corrected chi connectivity index (χ1v) is 7.48. The average molecular weight is 310 g/mol. The van der Waals surface area contributed by atoms with Gasteiger partial charge in [0.2, 0.25) is 0 Å². The van der Waals surface area contributed by atoms with Crippen LogP contribution in [0.1, 0.15) is 0 Å². The Bertz CT molecular complexity index is 745. The monoisotopic (exact) mass is 310 g/mol. The maximum atomic E-state index is 12.9. The van der Waals surface area contributed by atoms with Gasteiger partial charge in [0, 0.05) is 13.1 Å². The highest BCUT2D eigenvalue weighted by Gasteiger charge is 2.22. The predicted octanol–water partition coefficient (Wildman–Crippen LogP) is 2.24. The summed E-state index contributed by atoms with van der Waals surface area (Å²) in [5, 5.41) is 0. The second-order valence-electron chi connectivity index (χ2n) is 4.35. The topological polar surface area (TPSA) is 72.6 Å². The molecule has 0 fully saturated rings. The van der Waals surface area contributed by atoms with Gasteiger partial charge in [-0.1, -0.05) is 0 Å². The molecule has 0 heterocycles. The number of benzene rings is 2. The van der Waals surface area contributed by atoms with Crippen LogP contribution in [-0.2, 0) is 10.0 Å². The molecule has 0 aliphatic carbocycles. The lowest BCUT2D eigenvalue weighted by molar-refractivity contribution is 0.415. The maximum absolute atomic E-state index is 12.9. The molecule has 0 aromatic heterocycles. The van der Waals surface area contributed by atoms with Crippen molar-refractivity contribution < 1.29 is 17.5 Å². The van der Waals surface area contributed by atoms with Crippen LogP contribution < -0.4 is 14.8 Å². The highest BCUT2D eigenvalue weighted by molar-refractivity contribution is 7.92. The SMILES string of the molecule is COc1cc(S(=O)(=O)N(C)c2ccc(F)cc2)ccc1N. The standard InChI is InChI=1S/C14H15FN2O3S/c1-17(11-5-3-10(15)4-6-11)21(18,19)12-7-8-13(16)14(9-12)20-2/h3-9H,16H2,1-2H3. The molecule has 0 aliphatic rings. The fourth-order valence-electron chi connectivity index (χ4n) is 1.80. The number of rotatable bonds is 4. The van der Waals surface area contributed by atoms with E-state index in [-0.39, 0.29) is 10.6 Å². The molecular formula is C14H15FN2O3S. The Balaban J connectivity index is 2.43. The third-order valence-corrected chi connectivity index (χ3v) is 4.84. The molecule has 0 aliphatic heterocycles. The first kappa shape index (κ1) is 15.1. The van der Waals surface area contributed by atoms with E-state index >= 15 is 0 Å². The molecule has 0 radical (unpaired) electrons. The molecule has 2 N–H and O–H groups in total. The summed E-state index contributed by atoms with van der Waals surface area (Å²) in [7, 11) is -0.976. The van der Waals surface area contributed by atoms with E-state index in [4.69, 9.17) is 10.5 Å². The van der Waals surface area contributed by atoms with E-state index in [0.717, 1.165) is 4.31 Å². The fourth-order valence-corrected chi connectivity index (χ4v) is 3.01. The van der Waals surface area contributed by atoms with Gasteiger partial charge in [-0.15, -0.1) is 0 Å². The van der Waals surface area contributed by atoms with Gasteiger partial charge in [-0.25, -0.2) is 12.8 Å². The molecule has 2 aromatic carbocycles. The Morgan fingerprint density at radius 3 is 2.33 bits per heavy atom. The van der Waals surface area contributed by atoms with Gasteiger partial charge < -0.3 is 10.5 Å². The summed E-state index contributed by atoms with van der Waals surface area (Å²) in [6.45, 7) is 0. The molecule has 0 amide bonds. The highest BCUT2D eigenvalue weighted by Crippen LogP contribution is 2.28. The zero-order valence-corrected chi connectivity index (χ0v) is 12.4. The number of hydrogen-bond donors (Lipinski definition) is 1. The molecule has 0 atom stereocenters. The van der Waals surface area contributed by atoms with Crippen molar-refractivity contribution in [2.45, 2.75) is 4.90 Å². The van der Waals surface area contributed by atoms with Crippen molar-refractivity contribution >= 4 is 21.4 Å². The van der Waals surface area contributed by atoms with Crippen molar-refractivity contribution in [1.29, 1.82) is 0 Å². The molecule has 0 saturated heterocycles. The fraction of sp³-hybridized carbons (Fsp3) is 0.143. The van der Waals surface area contributed by atoms with Gasteiger partial charge in [0.15, 0.2) is 0 Å². The van der Waals surface area contributed by atoms with E-state index in [9.17, 15) is 12.8 Å². The van der Waals surface area contributed by atoms with Crippen LogP contribution in [0.4, 0.5) is 15.8 Å². The molecule has 7 heteroatoms. The van der Waals surface area contributed by atoms with Gasteiger partial charge in [-0.2, -0.15) is 0 Å². The summed E-state index contributed by atoms with van der Waals surface area (Å²) in [6.07, 6.45) is 0. The van der Waals surface area contributed by atoms with E-state index in [1.807, 2.05) is 0 Å². The third-order valence-electron chi connectivity index (χ3n) is 3.05. The molecular weight excluding hydrogens is 295 g/mol. The van der Waals surface area contributed by atoms with Crippen molar-refractivity contribution in [2.24, 2.45) is 0 Å². The van der Waals surface area contributed by atoms with Crippen LogP contribution in [0.3, 0.4) is 0 Å². The molecule has 0 saturated carbocycles. The zero-order chi connectivity index (χ0) is 15.6. The van der Waals surface area contributed by atoms with Crippen molar-refractivity contribution in [3.8, 4) is 5.75 Å². The maximum Gasteiger partial charge on any atom is 0.264 e. The predicted molar refractivity (Wildman–Crippen MR) is 79.4 cm³/mol. The van der Waals surface area contributed by atoms with E-state index < -0.39 is 15.8 Å². The Kier molecular flexibility index (Phi) is 4.04. The molecule has 0 spiro atoms. The summed E-state index contributed by atoms with van der Waals surface area (Å²) < 4.78 is 44.1. The van der Waals surface area contributed by atoms with Crippen LogP contribution >= 0.6 is 0 Å². The minimum absolute atomic E-state index is 0.0420. The van der Waals surface area contributed by atoms with E-state index in [2.05, 4.69) is 0 Å². The second kappa shape index (κ2) is 5.61. The molecule has 0 unspecified atom stereocenters. The van der Waals surface area contributed by atoms with Crippen LogP contribution in [0.15, 0.2) is 47.4 Å². The summed E-state index contributed by atoms with van der Waals surface area (Å²) >= 11 is 0. The summed E-state index contributed by atoms with van der Waals surface area (Å²) in [5.41, 5.74) is 6.37. The smallest absolute Gasteiger partial charge is 0.264 e. The number of anilines is 2. The molecule has 0 bridgehead atoms. The zero-order valence-electron chi connectivity index (χ0n) is 11.6. The number of ether oxygens (including phenoxy) is 1. The number of nitrogens with two attached hydrogens (primary N) is 1. The Hall–Kier alpha value is -2.28. The van der Waals surface area contributed by atoms with E-state index in [1.165, 1.54) is 56.6 Å². The van der Waals surface area contributed by atoms with Crippen LogP contribution in [0.25, 0.3) is 0 Å². The van der Waals surface area contributed by atoms with Crippen LogP contribution in [-0.4, -0.2) is 22.6 Å². The van der Waals surface area contributed by atoms with Gasteiger partial charge in [0.25, 0.3) is 10.0 Å². The lowest BCUT2D eigenvalue weighted by Crippen LogP contribution is -2.26. The van der Waals surface area contributed by atoms with Crippen LogP contribution in [0, 0.1) is 5.82 Å². The van der Waals surface area contributed by atoms with Crippen molar-refractivity contribution in [1.82, 2.24) is 0 Å². The van der Waals surface area contributed by atoms with Gasteiger partial charge in [-0.3, -0.25) is 4.31 Å². The van der Waals surface area contributed by atoms with Crippen molar-refractivity contribution in [3.05, 3.63) is 48.3 Å². The lowest BCUT2D eigenvalue weighted by atomic mass is 10.3. The summed E-state index contributed by atoms with van der Waals surface area (Å²) in [6, 6.07) is 9.39. The number of methoxy groups -OCH3 is 1. The number of halogens is 1. The number of sulfonamides is 1. The third kappa shape index (κ3) is 2.92. The first-order chi connectivity index (χ1) is 9.86. The van der Waals surface area contributed by atoms with E-state index in [1.54, 1.807) is 0 Å². The molecule has 21 heavy (non-hydrogen) atoms. The van der Waals surface area contributed by atoms with Crippen molar-refractivity contribution in [3.63, 3.8) is 0 Å². The Labute approximate surface area is 122 Å². The molecule has 112 valence electrons. The van der Waals surface area contributed by atoms with Gasteiger partial charge in [0.05, 0.1) is 23.4 Å². The van der Waals surface area contributed by atoms with E-state index in [0.29, 0.717) is 11.4 Å². The number of nitrogens with zero attached hydrogens (tertiary/aromatic N) is 1. The molecule has 5 nitrogen and oxygen atoms in total. The summed E-state index contributed by atoms with van der Waals surface area (Å²) in [4.78, 5) is 0.0420. The second-order valence-corrected chi connectivity index (χ2v) is 6.32. The summed E-state index contributed by atoms with van der Waals surface area (Å²) in [5.74, 6) is -0.151. The van der Waals surface area contributed by atoms with Gasteiger partial charge in [-0.05, 0) is 36.4 Å². The highest BCUT2D eigenvalue weighted by atomic mass is 32.2. The lowest BCUT2D eigenvalue weighted by Gasteiger charge is -2.20. The van der Waals surface area contributed by atoms with Gasteiger partial charge >= 0.3 is 0 Å². The quantitative estimate of drug-likeness (QED) is 0.879. The first-order valence-electron chi connectivity index (χ1n) is 6.04. The Morgan fingerprint density at radius 1 is 1.14 bits per heavy atom. The van der Waals surface area contributed by atoms with Crippen LogP contribution in [0.5, 0.6) is 5.75 Å². The molecule has 2 aromatic rings. The minimum atomic E-state index is -3.78. The van der Waals surface area contributed by atoms with Crippen LogP contribution in [0.2, 0.25) is 0 Å². The normalized spacial score (nSPS) is 11.2. The largest absolute Gasteiger partial charge is 0.495 e. The number of nitrogen functional groups attached to an aromatic ring is 1. The minimum Gasteiger partial charge on any atom is -0.495 e. The molecule has 2 rings (SSSR count). The van der Waals surface area contributed by atoms with Gasteiger partial charge in [0.1, 0.15) is 11.6 Å². The van der Waals surface area contributed by atoms with Crippen molar-refractivity contribution in [2.75, 3.05) is 24.2 Å². The average Bonchev–Trinajstić information content (AvgIpc) is 2.47. The number of hydrogen-bond acceptors (Lipinski definition) is 4.